The molecule has 1 aromatic carbocycles. The van der Waals surface area contributed by atoms with Crippen LogP contribution < -0.4 is 0 Å². The van der Waals surface area contributed by atoms with Gasteiger partial charge < -0.3 is 9.66 Å². The Hall–Kier alpha value is -1.58. The lowest BCUT2D eigenvalue weighted by Crippen LogP contribution is -2.45. The van der Waals surface area contributed by atoms with E-state index in [1.807, 2.05) is 0 Å². The van der Waals surface area contributed by atoms with Crippen molar-refractivity contribution in [2.75, 3.05) is 6.26 Å². The molecular weight excluding hydrogens is 331 g/mol. The van der Waals surface area contributed by atoms with E-state index in [1.165, 1.54) is 35.7 Å². The molecule has 126 valence electrons. The molecule has 5 nitrogen and oxygen atoms in total. The van der Waals surface area contributed by atoms with Crippen molar-refractivity contribution in [3.8, 4) is 0 Å². The van der Waals surface area contributed by atoms with Gasteiger partial charge in [0, 0.05) is 0 Å². The summed E-state index contributed by atoms with van der Waals surface area (Å²) >= 11 is -1.40. The third-order valence-corrected chi connectivity index (χ3v) is 5.14. The van der Waals surface area contributed by atoms with Gasteiger partial charge in [0.2, 0.25) is 0 Å². The predicted molar refractivity (Wildman–Crippen MR) is 78.9 cm³/mol. The van der Waals surface area contributed by atoms with Crippen LogP contribution in [-0.4, -0.2) is 35.9 Å². The van der Waals surface area contributed by atoms with Crippen molar-refractivity contribution in [2.45, 2.75) is 30.5 Å². The van der Waals surface area contributed by atoms with Crippen molar-refractivity contribution in [2.24, 2.45) is 0 Å². The van der Waals surface area contributed by atoms with E-state index in [0.717, 1.165) is 12.1 Å². The maximum atomic E-state index is 12.7. The summed E-state index contributed by atoms with van der Waals surface area (Å²) in [7, 11) is 0. The normalized spacial score (nSPS) is 17.5. The summed E-state index contributed by atoms with van der Waals surface area (Å²) in [5.41, 5.74) is -2.21. The van der Waals surface area contributed by atoms with Crippen molar-refractivity contribution >= 4 is 11.2 Å². The van der Waals surface area contributed by atoms with Crippen LogP contribution in [0.3, 0.4) is 0 Å². The number of halogens is 3. The molecule has 1 N–H and O–H groups in total. The minimum Gasteiger partial charge on any atom is -0.616 e. The highest BCUT2D eigenvalue weighted by Crippen LogP contribution is 2.34. The molecule has 9 heteroatoms. The number of rotatable bonds is 5. The van der Waals surface area contributed by atoms with Crippen LogP contribution in [0.25, 0.3) is 0 Å². The quantitative estimate of drug-likeness (QED) is 0.839. The van der Waals surface area contributed by atoms with Crippen LogP contribution in [0.4, 0.5) is 13.2 Å². The average Bonchev–Trinajstić information content (AvgIpc) is 2.98. The monoisotopic (exact) mass is 347 g/mol. The number of hydrogen-bond acceptors (Lipinski definition) is 4. The van der Waals surface area contributed by atoms with Crippen LogP contribution >= 0.6 is 0 Å². The first-order chi connectivity index (χ1) is 10.6. The zero-order valence-electron chi connectivity index (χ0n) is 12.5. The van der Waals surface area contributed by atoms with Crippen molar-refractivity contribution in [3.63, 3.8) is 0 Å². The second kappa shape index (κ2) is 6.50. The van der Waals surface area contributed by atoms with Gasteiger partial charge in [-0.15, -0.1) is 0 Å². The number of hydrogen-bond donors (Lipinski definition) is 1. The molecule has 0 aliphatic heterocycles. The molecule has 3 unspecified atom stereocenters. The average molecular weight is 347 g/mol. The van der Waals surface area contributed by atoms with Crippen molar-refractivity contribution in [3.05, 3.63) is 48.0 Å². The Balaban J connectivity index is 2.41. The lowest BCUT2D eigenvalue weighted by molar-refractivity contribution is -0.137. The zero-order chi connectivity index (χ0) is 17.3. The zero-order valence-corrected chi connectivity index (χ0v) is 13.3. The summed E-state index contributed by atoms with van der Waals surface area (Å²) in [6, 6.07) is 4.19. The van der Waals surface area contributed by atoms with Crippen molar-refractivity contribution < 1.29 is 22.8 Å². The fourth-order valence-electron chi connectivity index (χ4n) is 2.24. The number of alkyl halides is 3. The van der Waals surface area contributed by atoms with Gasteiger partial charge >= 0.3 is 6.18 Å². The Morgan fingerprint density at radius 1 is 1.26 bits per heavy atom. The van der Waals surface area contributed by atoms with E-state index in [-0.39, 0.29) is 12.1 Å². The molecule has 1 aromatic heterocycles. The summed E-state index contributed by atoms with van der Waals surface area (Å²) in [5.74, 6) is 0. The number of aromatic nitrogens is 3. The van der Waals surface area contributed by atoms with Gasteiger partial charge in [0.15, 0.2) is 5.60 Å². The first kappa shape index (κ1) is 17.8. The van der Waals surface area contributed by atoms with E-state index in [0.29, 0.717) is 0 Å². The predicted octanol–water partition coefficient (Wildman–Crippen LogP) is 1.95. The van der Waals surface area contributed by atoms with Crippen molar-refractivity contribution in [1.82, 2.24) is 14.8 Å². The Labute approximate surface area is 134 Å². The number of benzene rings is 1. The minimum atomic E-state index is -4.46. The van der Waals surface area contributed by atoms with Gasteiger partial charge in [-0.1, -0.05) is 23.3 Å². The van der Waals surface area contributed by atoms with Crippen LogP contribution in [0.1, 0.15) is 18.1 Å². The molecular formula is C14H16F3N3O2S. The highest BCUT2D eigenvalue weighted by atomic mass is 32.2. The molecule has 0 saturated carbocycles. The highest BCUT2D eigenvalue weighted by Gasteiger charge is 2.43. The molecule has 0 aliphatic carbocycles. The molecule has 23 heavy (non-hydrogen) atoms. The van der Waals surface area contributed by atoms with Gasteiger partial charge in [-0.3, -0.25) is 0 Å². The maximum absolute atomic E-state index is 12.7. The Morgan fingerprint density at radius 3 is 2.26 bits per heavy atom. The van der Waals surface area contributed by atoms with Crippen LogP contribution in [0, 0.1) is 0 Å². The molecule has 3 atom stereocenters. The summed E-state index contributed by atoms with van der Waals surface area (Å²) < 4.78 is 51.2. The maximum Gasteiger partial charge on any atom is 0.416 e. The molecule has 0 fully saturated rings. The van der Waals surface area contributed by atoms with E-state index in [2.05, 4.69) is 10.1 Å². The smallest absolute Gasteiger partial charge is 0.416 e. The topological polar surface area (TPSA) is 74.0 Å². The van der Waals surface area contributed by atoms with Gasteiger partial charge in [-0.2, -0.15) is 18.3 Å². The van der Waals surface area contributed by atoms with E-state index >= 15 is 0 Å². The van der Waals surface area contributed by atoms with E-state index in [9.17, 15) is 22.8 Å². The SMILES string of the molecule is CC([S+](C)[O-])C(O)(Cn1cncn1)c1ccc(C(F)(F)F)cc1. The van der Waals surface area contributed by atoms with Crippen LogP contribution in [0.15, 0.2) is 36.9 Å². The van der Waals surface area contributed by atoms with Crippen LogP contribution in [-0.2, 0) is 29.5 Å². The largest absolute Gasteiger partial charge is 0.616 e. The summed E-state index contributed by atoms with van der Waals surface area (Å²) in [4.78, 5) is 3.77. The fraction of sp³-hybridized carbons (Fsp3) is 0.429. The Morgan fingerprint density at radius 2 is 1.83 bits per heavy atom. The molecule has 0 saturated heterocycles. The van der Waals surface area contributed by atoms with Crippen LogP contribution in [0.2, 0.25) is 0 Å². The number of nitrogens with zero attached hydrogens (tertiary/aromatic N) is 3. The van der Waals surface area contributed by atoms with Gasteiger partial charge in [0.1, 0.15) is 17.9 Å². The molecule has 2 rings (SSSR count). The molecule has 0 amide bonds. The second-order valence-corrected chi connectivity index (χ2v) is 6.94. The number of aliphatic hydroxyl groups is 1. The summed E-state index contributed by atoms with van der Waals surface area (Å²) in [6.07, 6.45) is -0.371. The Bertz CT molecular complexity index is 632. The van der Waals surface area contributed by atoms with Gasteiger partial charge in [-0.25, -0.2) is 9.67 Å². The van der Waals surface area contributed by atoms with E-state index < -0.39 is 33.8 Å². The van der Waals surface area contributed by atoms with Gasteiger partial charge in [-0.05, 0) is 24.6 Å². The minimum absolute atomic E-state index is 0.0703. The third-order valence-electron chi connectivity index (χ3n) is 3.75. The van der Waals surface area contributed by atoms with Crippen molar-refractivity contribution in [1.29, 1.82) is 0 Å². The third kappa shape index (κ3) is 3.85. The lowest BCUT2D eigenvalue weighted by Gasteiger charge is -2.34. The highest BCUT2D eigenvalue weighted by molar-refractivity contribution is 7.91. The van der Waals surface area contributed by atoms with E-state index in [1.54, 1.807) is 6.92 Å². The molecule has 0 bridgehead atoms. The first-order valence-electron chi connectivity index (χ1n) is 6.69. The molecule has 0 radical (unpaired) electrons. The first-order valence-corrected chi connectivity index (χ1v) is 8.31. The Kier molecular flexibility index (Phi) is 5.02. The molecule has 1 heterocycles. The van der Waals surface area contributed by atoms with Gasteiger partial charge in [0.25, 0.3) is 0 Å². The second-order valence-electron chi connectivity index (χ2n) is 5.23. The van der Waals surface area contributed by atoms with Gasteiger partial charge in [0.05, 0.1) is 18.4 Å². The van der Waals surface area contributed by atoms with E-state index in [4.69, 9.17) is 0 Å². The summed E-state index contributed by atoms with van der Waals surface area (Å²) in [5, 5.41) is 14.2. The molecule has 2 aromatic rings. The molecule has 0 aliphatic rings. The molecule has 0 spiro atoms. The summed E-state index contributed by atoms with van der Waals surface area (Å²) in [6.45, 7) is 1.50. The fourth-order valence-corrected chi connectivity index (χ4v) is 3.00. The standard InChI is InChI=1S/C14H16F3N3O2S/c1-10(23(2)22)13(21,7-20-9-18-8-19-20)11-3-5-12(6-4-11)14(15,16)17/h3-6,8-10,21H,7H2,1-2H3. The van der Waals surface area contributed by atoms with Crippen LogP contribution in [0.5, 0.6) is 0 Å². The lowest BCUT2D eigenvalue weighted by atomic mass is 9.90.